The van der Waals surface area contributed by atoms with Crippen molar-refractivity contribution in [2.75, 3.05) is 0 Å². The van der Waals surface area contributed by atoms with Crippen molar-refractivity contribution >= 4 is 0 Å². The van der Waals surface area contributed by atoms with Crippen molar-refractivity contribution in [3.05, 3.63) is 59.2 Å². The second kappa shape index (κ2) is 5.74. The fourth-order valence-corrected chi connectivity index (χ4v) is 2.11. The van der Waals surface area contributed by atoms with Gasteiger partial charge in [0.25, 0.3) is 0 Å². The molecular weight excluding hydrogens is 222 g/mol. The maximum Gasteiger partial charge on any atom is 0.115 e. The topological polar surface area (TPSA) is 37.8 Å². The van der Waals surface area contributed by atoms with Gasteiger partial charge in [-0.1, -0.05) is 23.8 Å². The summed E-state index contributed by atoms with van der Waals surface area (Å²) in [4.78, 5) is 8.03. The summed E-state index contributed by atoms with van der Waals surface area (Å²) >= 11 is 0. The maximum atomic E-state index is 4.01. The summed E-state index contributed by atoms with van der Waals surface area (Å²) in [5, 5.41) is 3.50. The molecule has 1 aromatic heterocycles. The molecular formula is C15H19N3. The lowest BCUT2D eigenvalue weighted by Crippen LogP contribution is -2.19. The second-order valence-electron chi connectivity index (χ2n) is 4.71. The van der Waals surface area contributed by atoms with E-state index < -0.39 is 0 Å². The highest BCUT2D eigenvalue weighted by Gasteiger charge is 2.07. The molecule has 0 spiro atoms. The summed E-state index contributed by atoms with van der Waals surface area (Å²) < 4.78 is 0. The fourth-order valence-electron chi connectivity index (χ4n) is 2.11. The third-order valence-electron chi connectivity index (χ3n) is 3.12. The molecule has 0 fully saturated rings. The van der Waals surface area contributed by atoms with Crippen LogP contribution in [0.5, 0.6) is 0 Å². The van der Waals surface area contributed by atoms with E-state index in [0.29, 0.717) is 6.04 Å². The molecule has 2 rings (SSSR count). The Labute approximate surface area is 108 Å². The number of nitrogens with one attached hydrogen (secondary N) is 1. The van der Waals surface area contributed by atoms with Crippen LogP contribution in [-0.2, 0) is 6.54 Å². The lowest BCUT2D eigenvalue weighted by molar-refractivity contribution is 0.570. The molecule has 0 bridgehead atoms. The Bertz CT molecular complexity index is 508. The van der Waals surface area contributed by atoms with Crippen LogP contribution in [0.4, 0.5) is 0 Å². The first-order chi connectivity index (χ1) is 8.66. The molecule has 18 heavy (non-hydrogen) atoms. The number of hydrogen-bond donors (Lipinski definition) is 1. The molecule has 0 saturated heterocycles. The van der Waals surface area contributed by atoms with Crippen LogP contribution in [0.15, 0.2) is 36.9 Å². The smallest absolute Gasteiger partial charge is 0.115 e. The molecule has 2 aromatic rings. The SMILES string of the molecule is Cc1ccc(C(C)NCc2cncnc2)c(C)c1. The normalized spacial score (nSPS) is 12.4. The summed E-state index contributed by atoms with van der Waals surface area (Å²) in [5.74, 6) is 0. The number of hydrogen-bond acceptors (Lipinski definition) is 3. The van der Waals surface area contributed by atoms with Crippen molar-refractivity contribution in [3.8, 4) is 0 Å². The quantitative estimate of drug-likeness (QED) is 0.894. The summed E-state index contributed by atoms with van der Waals surface area (Å²) in [6.45, 7) is 7.25. The number of aromatic nitrogens is 2. The second-order valence-corrected chi connectivity index (χ2v) is 4.71. The van der Waals surface area contributed by atoms with E-state index in [-0.39, 0.29) is 0 Å². The molecule has 0 radical (unpaired) electrons. The summed E-state index contributed by atoms with van der Waals surface area (Å²) in [6, 6.07) is 6.90. The summed E-state index contributed by atoms with van der Waals surface area (Å²) in [5.41, 5.74) is 5.09. The Kier molecular flexibility index (Phi) is 4.05. The Morgan fingerprint density at radius 2 is 1.89 bits per heavy atom. The molecule has 0 saturated carbocycles. The fraction of sp³-hybridized carbons (Fsp3) is 0.333. The molecule has 0 aliphatic carbocycles. The minimum Gasteiger partial charge on any atom is -0.306 e. The van der Waals surface area contributed by atoms with Gasteiger partial charge in [0.2, 0.25) is 0 Å². The predicted molar refractivity (Wildman–Crippen MR) is 73.2 cm³/mol. The van der Waals surface area contributed by atoms with Gasteiger partial charge in [0, 0.05) is 30.5 Å². The standard InChI is InChI=1S/C15H19N3/c1-11-4-5-15(12(2)6-11)13(3)18-9-14-7-16-10-17-8-14/h4-8,10,13,18H,9H2,1-3H3. The van der Waals surface area contributed by atoms with Crippen molar-refractivity contribution in [2.24, 2.45) is 0 Å². The average molecular weight is 241 g/mol. The van der Waals surface area contributed by atoms with E-state index in [9.17, 15) is 0 Å². The van der Waals surface area contributed by atoms with Gasteiger partial charge < -0.3 is 5.32 Å². The molecule has 1 N–H and O–H groups in total. The molecule has 1 unspecified atom stereocenters. The van der Waals surface area contributed by atoms with Gasteiger partial charge in [-0.15, -0.1) is 0 Å². The molecule has 1 heterocycles. The number of rotatable bonds is 4. The predicted octanol–water partition coefficient (Wildman–Crippen LogP) is 2.94. The van der Waals surface area contributed by atoms with Gasteiger partial charge in [0.15, 0.2) is 0 Å². The van der Waals surface area contributed by atoms with E-state index in [4.69, 9.17) is 0 Å². The van der Waals surface area contributed by atoms with Crippen LogP contribution in [0.1, 0.15) is 35.2 Å². The van der Waals surface area contributed by atoms with Crippen LogP contribution in [0.2, 0.25) is 0 Å². The van der Waals surface area contributed by atoms with Crippen LogP contribution in [0.25, 0.3) is 0 Å². The van der Waals surface area contributed by atoms with Crippen molar-refractivity contribution in [3.63, 3.8) is 0 Å². The van der Waals surface area contributed by atoms with Crippen LogP contribution in [-0.4, -0.2) is 9.97 Å². The number of aryl methyl sites for hydroxylation is 2. The highest BCUT2D eigenvalue weighted by molar-refractivity contribution is 5.32. The summed E-state index contributed by atoms with van der Waals surface area (Å²) in [6.07, 6.45) is 5.24. The maximum absolute atomic E-state index is 4.01. The van der Waals surface area contributed by atoms with E-state index in [1.54, 1.807) is 6.33 Å². The Hall–Kier alpha value is -1.74. The number of nitrogens with zero attached hydrogens (tertiary/aromatic N) is 2. The first-order valence-corrected chi connectivity index (χ1v) is 6.21. The van der Waals surface area contributed by atoms with Crippen molar-refractivity contribution < 1.29 is 0 Å². The lowest BCUT2D eigenvalue weighted by atomic mass is 10.0. The largest absolute Gasteiger partial charge is 0.306 e. The van der Waals surface area contributed by atoms with Crippen molar-refractivity contribution in [2.45, 2.75) is 33.4 Å². The van der Waals surface area contributed by atoms with Gasteiger partial charge in [-0.2, -0.15) is 0 Å². The molecule has 0 aliphatic rings. The molecule has 0 amide bonds. The van der Waals surface area contributed by atoms with Gasteiger partial charge in [0.05, 0.1) is 0 Å². The third kappa shape index (κ3) is 3.14. The van der Waals surface area contributed by atoms with Crippen LogP contribution >= 0.6 is 0 Å². The molecule has 3 heteroatoms. The van der Waals surface area contributed by atoms with Gasteiger partial charge in [-0.05, 0) is 31.9 Å². The first-order valence-electron chi connectivity index (χ1n) is 6.21. The average Bonchev–Trinajstić information content (AvgIpc) is 2.37. The lowest BCUT2D eigenvalue weighted by Gasteiger charge is -2.17. The van der Waals surface area contributed by atoms with Gasteiger partial charge in [-0.3, -0.25) is 0 Å². The van der Waals surface area contributed by atoms with Crippen molar-refractivity contribution in [1.82, 2.24) is 15.3 Å². The third-order valence-corrected chi connectivity index (χ3v) is 3.12. The highest BCUT2D eigenvalue weighted by atomic mass is 14.9. The van der Waals surface area contributed by atoms with E-state index in [1.165, 1.54) is 16.7 Å². The van der Waals surface area contributed by atoms with E-state index in [0.717, 1.165) is 12.1 Å². The molecule has 1 atom stereocenters. The van der Waals surface area contributed by atoms with E-state index in [2.05, 4.69) is 54.3 Å². The minimum absolute atomic E-state index is 0.325. The Morgan fingerprint density at radius 3 is 2.56 bits per heavy atom. The molecule has 0 aliphatic heterocycles. The zero-order valence-corrected chi connectivity index (χ0v) is 11.1. The van der Waals surface area contributed by atoms with Crippen molar-refractivity contribution in [1.29, 1.82) is 0 Å². The molecule has 94 valence electrons. The van der Waals surface area contributed by atoms with E-state index in [1.807, 2.05) is 12.4 Å². The van der Waals surface area contributed by atoms with Crippen LogP contribution < -0.4 is 5.32 Å². The molecule has 1 aromatic carbocycles. The monoisotopic (exact) mass is 241 g/mol. The minimum atomic E-state index is 0.325. The Balaban J connectivity index is 2.01. The van der Waals surface area contributed by atoms with Gasteiger partial charge >= 0.3 is 0 Å². The molecule has 3 nitrogen and oxygen atoms in total. The zero-order chi connectivity index (χ0) is 13.0. The summed E-state index contributed by atoms with van der Waals surface area (Å²) in [7, 11) is 0. The Morgan fingerprint density at radius 1 is 1.17 bits per heavy atom. The van der Waals surface area contributed by atoms with Crippen LogP contribution in [0.3, 0.4) is 0 Å². The first kappa shape index (κ1) is 12.7. The zero-order valence-electron chi connectivity index (χ0n) is 11.1. The highest BCUT2D eigenvalue weighted by Crippen LogP contribution is 2.18. The van der Waals surface area contributed by atoms with E-state index >= 15 is 0 Å². The van der Waals surface area contributed by atoms with Gasteiger partial charge in [-0.25, -0.2) is 9.97 Å². The van der Waals surface area contributed by atoms with Gasteiger partial charge in [0.1, 0.15) is 6.33 Å². The number of benzene rings is 1. The van der Waals surface area contributed by atoms with Crippen LogP contribution in [0, 0.1) is 13.8 Å².